The van der Waals surface area contributed by atoms with Gasteiger partial charge in [-0.15, -0.1) is 10.3 Å². The monoisotopic (exact) mass is 195 g/mol. The molecular formula is C9H17N5. The molecule has 2 heterocycles. The third kappa shape index (κ3) is 1.98. The molecule has 3 N–H and O–H groups in total. The molecule has 5 heteroatoms. The molecule has 5 nitrogen and oxygen atoms in total. The topological polar surface area (TPSA) is 56.9 Å². The second-order valence-electron chi connectivity index (χ2n) is 3.79. The molecule has 0 bridgehead atoms. The van der Waals surface area contributed by atoms with Crippen molar-refractivity contribution in [1.29, 1.82) is 0 Å². The first-order valence-electron chi connectivity index (χ1n) is 5.09. The zero-order valence-corrected chi connectivity index (χ0v) is 8.53. The van der Waals surface area contributed by atoms with Gasteiger partial charge in [-0.25, -0.2) is 5.84 Å². The molecule has 0 aliphatic carbocycles. The van der Waals surface area contributed by atoms with Crippen molar-refractivity contribution in [2.24, 2.45) is 10.9 Å². The Hall–Kier alpha value is -1.23. The zero-order chi connectivity index (χ0) is 9.97. The Morgan fingerprint density at radius 2 is 2.07 bits per heavy atom. The Morgan fingerprint density at radius 1 is 1.36 bits per heavy atom. The molecule has 78 valence electrons. The van der Waals surface area contributed by atoms with Gasteiger partial charge in [0.25, 0.3) is 0 Å². The Morgan fingerprint density at radius 3 is 2.71 bits per heavy atom. The van der Waals surface area contributed by atoms with Crippen molar-refractivity contribution in [3.05, 3.63) is 11.8 Å². The van der Waals surface area contributed by atoms with Gasteiger partial charge in [0.1, 0.15) is 0 Å². The van der Waals surface area contributed by atoms with Gasteiger partial charge >= 0.3 is 0 Å². The third-order valence-corrected chi connectivity index (χ3v) is 2.53. The number of rotatable bonds is 0. The van der Waals surface area contributed by atoms with Gasteiger partial charge < -0.3 is 4.90 Å². The maximum Gasteiger partial charge on any atom is 0.154 e. The van der Waals surface area contributed by atoms with E-state index in [2.05, 4.69) is 15.4 Å². The first kappa shape index (κ1) is 9.33. The summed E-state index contributed by atoms with van der Waals surface area (Å²) in [6.45, 7) is 4.17. The molecule has 0 aromatic carbocycles. The Balaban J connectivity index is 2.08. The summed E-state index contributed by atoms with van der Waals surface area (Å²) in [4.78, 5) is 2.29. The third-order valence-electron chi connectivity index (χ3n) is 2.53. The molecule has 2 rings (SSSR count). The van der Waals surface area contributed by atoms with Gasteiger partial charge in [0, 0.05) is 24.9 Å². The maximum atomic E-state index is 5.59. The van der Waals surface area contributed by atoms with E-state index in [0.717, 1.165) is 24.6 Å². The van der Waals surface area contributed by atoms with E-state index in [0.29, 0.717) is 0 Å². The SMILES string of the molecule is CC1=CC(N2CCCCC2)=NN(N)N1. The number of allylic oxidation sites excluding steroid dienone is 1. The number of amidine groups is 1. The summed E-state index contributed by atoms with van der Waals surface area (Å²) in [6, 6.07) is 0. The van der Waals surface area contributed by atoms with Crippen LogP contribution in [-0.2, 0) is 0 Å². The lowest BCUT2D eigenvalue weighted by Gasteiger charge is -2.31. The van der Waals surface area contributed by atoms with Crippen LogP contribution in [0.3, 0.4) is 0 Å². The Labute approximate surface area is 84.2 Å². The average Bonchev–Trinajstić information content (AvgIpc) is 2.18. The van der Waals surface area contributed by atoms with Gasteiger partial charge in [-0.3, -0.25) is 5.43 Å². The van der Waals surface area contributed by atoms with Crippen LogP contribution >= 0.6 is 0 Å². The number of nitrogens with one attached hydrogen (secondary N) is 1. The van der Waals surface area contributed by atoms with Crippen LogP contribution in [0.4, 0.5) is 0 Å². The van der Waals surface area contributed by atoms with Crippen molar-refractivity contribution >= 4 is 5.84 Å². The minimum atomic E-state index is 0.975. The van der Waals surface area contributed by atoms with Crippen LogP contribution in [0, 0.1) is 0 Å². The van der Waals surface area contributed by atoms with Crippen molar-refractivity contribution in [3.8, 4) is 0 Å². The molecule has 0 saturated carbocycles. The number of hydrogen-bond donors (Lipinski definition) is 2. The standard InChI is InChI=1S/C9H17N5/c1-8-7-9(12-14(10)11-8)13-5-3-2-4-6-13/h7,11H,2-6,10H2,1H3. The van der Waals surface area contributed by atoms with E-state index < -0.39 is 0 Å². The molecule has 0 unspecified atom stereocenters. The molecule has 2 aliphatic rings. The van der Waals surface area contributed by atoms with Gasteiger partial charge in [0.15, 0.2) is 5.84 Å². The van der Waals surface area contributed by atoms with Gasteiger partial charge in [-0.1, -0.05) is 0 Å². The van der Waals surface area contributed by atoms with Crippen LogP contribution in [0.25, 0.3) is 0 Å². The number of hydrazine groups is 2. The molecule has 0 atom stereocenters. The molecule has 0 aromatic heterocycles. The highest BCUT2D eigenvalue weighted by Gasteiger charge is 2.16. The first-order chi connectivity index (χ1) is 6.75. The van der Waals surface area contributed by atoms with Crippen molar-refractivity contribution in [2.75, 3.05) is 13.1 Å². The minimum absolute atomic E-state index is 0.975. The predicted octanol–water partition coefficient (Wildman–Crippen LogP) is 0.384. The van der Waals surface area contributed by atoms with Crippen molar-refractivity contribution < 1.29 is 0 Å². The summed E-state index contributed by atoms with van der Waals surface area (Å²) in [7, 11) is 0. The fourth-order valence-electron chi connectivity index (χ4n) is 1.85. The highest BCUT2D eigenvalue weighted by Crippen LogP contribution is 2.12. The first-order valence-corrected chi connectivity index (χ1v) is 5.09. The molecule has 0 radical (unpaired) electrons. The molecule has 1 fully saturated rings. The van der Waals surface area contributed by atoms with Crippen LogP contribution in [0.5, 0.6) is 0 Å². The summed E-state index contributed by atoms with van der Waals surface area (Å²) in [5.41, 5.74) is 3.94. The second kappa shape index (κ2) is 3.88. The molecule has 0 spiro atoms. The predicted molar refractivity (Wildman–Crippen MR) is 55.8 cm³/mol. The van der Waals surface area contributed by atoms with Crippen LogP contribution < -0.4 is 11.3 Å². The van der Waals surface area contributed by atoms with E-state index in [-0.39, 0.29) is 0 Å². The molecule has 2 aliphatic heterocycles. The highest BCUT2D eigenvalue weighted by molar-refractivity contribution is 5.93. The lowest BCUT2D eigenvalue weighted by molar-refractivity contribution is 0.214. The summed E-state index contributed by atoms with van der Waals surface area (Å²) in [5, 5.41) is 5.50. The zero-order valence-electron chi connectivity index (χ0n) is 8.53. The largest absolute Gasteiger partial charge is 0.355 e. The number of piperidine rings is 1. The lowest BCUT2D eigenvalue weighted by Crippen LogP contribution is -2.46. The van der Waals surface area contributed by atoms with Gasteiger partial charge in [0.2, 0.25) is 0 Å². The lowest BCUT2D eigenvalue weighted by atomic mass is 10.1. The summed E-state index contributed by atoms with van der Waals surface area (Å²) < 4.78 is 0. The van der Waals surface area contributed by atoms with E-state index in [1.807, 2.05) is 13.0 Å². The van der Waals surface area contributed by atoms with Gasteiger partial charge in [-0.2, -0.15) is 0 Å². The maximum absolute atomic E-state index is 5.59. The van der Waals surface area contributed by atoms with Gasteiger partial charge in [-0.05, 0) is 26.2 Å². The Bertz CT molecular complexity index is 264. The fourth-order valence-corrected chi connectivity index (χ4v) is 1.85. The molecule has 0 amide bonds. The minimum Gasteiger partial charge on any atom is -0.355 e. The molecule has 1 saturated heterocycles. The molecule has 14 heavy (non-hydrogen) atoms. The second-order valence-corrected chi connectivity index (χ2v) is 3.79. The summed E-state index contributed by atoms with van der Waals surface area (Å²) >= 11 is 0. The Kier molecular flexibility index (Phi) is 2.58. The van der Waals surface area contributed by atoms with Crippen LogP contribution in [0.2, 0.25) is 0 Å². The quantitative estimate of drug-likeness (QED) is 0.549. The van der Waals surface area contributed by atoms with E-state index in [1.54, 1.807) is 0 Å². The number of nitrogens with two attached hydrogens (primary N) is 1. The average molecular weight is 195 g/mol. The summed E-state index contributed by atoms with van der Waals surface area (Å²) in [5.74, 6) is 6.56. The van der Waals surface area contributed by atoms with E-state index in [4.69, 9.17) is 5.84 Å². The normalized spacial score (nSPS) is 22.7. The fraction of sp³-hybridized carbons (Fsp3) is 0.667. The van der Waals surface area contributed by atoms with Crippen molar-refractivity contribution in [3.63, 3.8) is 0 Å². The number of hydrogen-bond acceptors (Lipinski definition) is 5. The number of likely N-dealkylation sites (tertiary alicyclic amines) is 1. The van der Waals surface area contributed by atoms with Gasteiger partial charge in [0.05, 0.1) is 0 Å². The van der Waals surface area contributed by atoms with E-state index in [9.17, 15) is 0 Å². The molecule has 0 aromatic rings. The molecular weight excluding hydrogens is 178 g/mol. The van der Waals surface area contributed by atoms with Crippen molar-refractivity contribution in [2.45, 2.75) is 26.2 Å². The smallest absolute Gasteiger partial charge is 0.154 e. The van der Waals surface area contributed by atoms with E-state index >= 15 is 0 Å². The highest BCUT2D eigenvalue weighted by atomic mass is 15.8. The number of hydrazone groups is 1. The van der Waals surface area contributed by atoms with Crippen LogP contribution in [0.1, 0.15) is 26.2 Å². The van der Waals surface area contributed by atoms with Crippen LogP contribution in [-0.4, -0.2) is 29.1 Å². The number of nitrogens with zero attached hydrogens (tertiary/aromatic N) is 3. The van der Waals surface area contributed by atoms with Crippen LogP contribution in [0.15, 0.2) is 16.9 Å². The van der Waals surface area contributed by atoms with E-state index in [1.165, 1.54) is 24.5 Å². The van der Waals surface area contributed by atoms with Crippen molar-refractivity contribution in [1.82, 2.24) is 15.6 Å². The summed E-state index contributed by atoms with van der Waals surface area (Å²) in [6.07, 6.45) is 5.87.